The number of amides is 2. The van der Waals surface area contributed by atoms with Gasteiger partial charge in [-0.15, -0.1) is 0 Å². The number of benzene rings is 1. The summed E-state index contributed by atoms with van der Waals surface area (Å²) < 4.78 is 5.39. The van der Waals surface area contributed by atoms with Gasteiger partial charge >= 0.3 is 0 Å². The summed E-state index contributed by atoms with van der Waals surface area (Å²) in [5, 5.41) is -0.171. The van der Waals surface area contributed by atoms with E-state index in [9.17, 15) is 9.59 Å². The van der Waals surface area contributed by atoms with Crippen LogP contribution in [0.25, 0.3) is 6.08 Å². The molecule has 0 aliphatic carbocycles. The lowest BCUT2D eigenvalue weighted by Crippen LogP contribution is -2.36. The molecule has 3 rings (SSSR count). The van der Waals surface area contributed by atoms with Gasteiger partial charge in [-0.3, -0.25) is 14.5 Å². The number of morpholine rings is 1. The second-order valence-corrected chi connectivity index (χ2v) is 6.97. The first-order valence-corrected chi connectivity index (χ1v) is 9.10. The maximum atomic E-state index is 12.3. The Morgan fingerprint density at radius 1 is 1.25 bits per heavy atom. The van der Waals surface area contributed by atoms with Crippen LogP contribution in [0.4, 0.5) is 10.5 Å². The summed E-state index contributed by atoms with van der Waals surface area (Å²) in [7, 11) is 0. The van der Waals surface area contributed by atoms with Crippen LogP contribution in [0.15, 0.2) is 23.1 Å². The van der Waals surface area contributed by atoms with E-state index in [-0.39, 0.29) is 11.1 Å². The lowest BCUT2D eigenvalue weighted by atomic mass is 10.1. The Hall–Kier alpha value is -1.79. The molecule has 0 spiro atoms. The van der Waals surface area contributed by atoms with Gasteiger partial charge in [-0.25, -0.2) is 0 Å². The van der Waals surface area contributed by atoms with Crippen LogP contribution in [0.3, 0.4) is 0 Å². The highest BCUT2D eigenvalue weighted by Gasteiger charge is 2.34. The molecule has 2 saturated heterocycles. The van der Waals surface area contributed by atoms with Crippen molar-refractivity contribution in [2.24, 2.45) is 0 Å². The summed E-state index contributed by atoms with van der Waals surface area (Å²) in [5.74, 6) is -0.177. The smallest absolute Gasteiger partial charge is 0.293 e. The van der Waals surface area contributed by atoms with E-state index >= 15 is 0 Å². The summed E-state index contributed by atoms with van der Waals surface area (Å²) in [6.07, 6.45) is 2.61. The van der Waals surface area contributed by atoms with Crippen LogP contribution in [0.5, 0.6) is 0 Å². The Morgan fingerprint density at radius 3 is 2.67 bits per heavy atom. The van der Waals surface area contributed by atoms with E-state index in [1.54, 1.807) is 0 Å². The fraction of sp³-hybridized carbons (Fsp3) is 0.444. The number of imide groups is 1. The molecule has 128 valence electrons. The van der Waals surface area contributed by atoms with Gasteiger partial charge in [0.2, 0.25) is 0 Å². The van der Waals surface area contributed by atoms with Gasteiger partial charge in [0, 0.05) is 25.3 Å². The molecular weight excluding hydrogens is 324 g/mol. The summed E-state index contributed by atoms with van der Waals surface area (Å²) in [5.41, 5.74) is 3.25. The minimum absolute atomic E-state index is 0.171. The SMILES string of the molecule is CCCN1C(=O)S/C(=C/c2ccc(N3CCOCC3)cc2C)C1=O. The topological polar surface area (TPSA) is 49.9 Å². The van der Waals surface area contributed by atoms with Crippen molar-refractivity contribution in [1.82, 2.24) is 4.90 Å². The number of thioether (sulfide) groups is 1. The maximum Gasteiger partial charge on any atom is 0.293 e. The van der Waals surface area contributed by atoms with Crippen LogP contribution < -0.4 is 4.90 Å². The van der Waals surface area contributed by atoms with E-state index < -0.39 is 0 Å². The number of rotatable bonds is 4. The number of aryl methyl sites for hydroxylation is 1. The van der Waals surface area contributed by atoms with Crippen molar-refractivity contribution in [3.63, 3.8) is 0 Å². The first kappa shape index (κ1) is 17.0. The molecule has 0 N–H and O–H groups in total. The Bertz CT molecular complexity index is 681. The minimum Gasteiger partial charge on any atom is -0.378 e. The zero-order valence-electron chi connectivity index (χ0n) is 14.1. The Balaban J connectivity index is 1.80. The first-order chi connectivity index (χ1) is 11.6. The molecule has 1 aromatic carbocycles. The molecule has 24 heavy (non-hydrogen) atoms. The van der Waals surface area contributed by atoms with Gasteiger partial charge < -0.3 is 9.64 Å². The van der Waals surface area contributed by atoms with Crippen molar-refractivity contribution < 1.29 is 14.3 Å². The molecule has 0 radical (unpaired) electrons. The maximum absolute atomic E-state index is 12.3. The van der Waals surface area contributed by atoms with E-state index in [0.29, 0.717) is 11.4 Å². The minimum atomic E-state index is -0.177. The molecule has 0 aromatic heterocycles. The molecule has 2 fully saturated rings. The fourth-order valence-electron chi connectivity index (χ4n) is 2.90. The number of anilines is 1. The van der Waals surface area contributed by atoms with E-state index in [1.165, 1.54) is 10.6 Å². The van der Waals surface area contributed by atoms with Gasteiger partial charge in [0.1, 0.15) is 0 Å². The normalized spacial score (nSPS) is 20.3. The van der Waals surface area contributed by atoms with Gasteiger partial charge in [-0.2, -0.15) is 0 Å². The largest absolute Gasteiger partial charge is 0.378 e. The average Bonchev–Trinajstić information content (AvgIpc) is 2.85. The van der Waals surface area contributed by atoms with E-state index in [4.69, 9.17) is 4.74 Å². The molecule has 0 unspecified atom stereocenters. The molecule has 1 aromatic rings. The van der Waals surface area contributed by atoms with Gasteiger partial charge in [0.25, 0.3) is 11.1 Å². The number of ether oxygens (including phenoxy) is 1. The van der Waals surface area contributed by atoms with Gasteiger partial charge in [-0.05, 0) is 54.4 Å². The van der Waals surface area contributed by atoms with Crippen molar-refractivity contribution in [2.75, 3.05) is 37.7 Å². The van der Waals surface area contributed by atoms with Crippen molar-refractivity contribution >= 4 is 34.7 Å². The molecular formula is C18H22N2O3S. The second kappa shape index (κ2) is 7.40. The second-order valence-electron chi connectivity index (χ2n) is 5.97. The number of hydrogen-bond acceptors (Lipinski definition) is 5. The van der Waals surface area contributed by atoms with Crippen LogP contribution >= 0.6 is 11.8 Å². The molecule has 2 aliphatic rings. The van der Waals surface area contributed by atoms with Gasteiger partial charge in [-0.1, -0.05) is 13.0 Å². The van der Waals surface area contributed by atoms with Crippen molar-refractivity contribution in [3.8, 4) is 0 Å². The quantitative estimate of drug-likeness (QED) is 0.783. The number of hydrogen-bond donors (Lipinski definition) is 0. The van der Waals surface area contributed by atoms with Crippen molar-refractivity contribution in [2.45, 2.75) is 20.3 Å². The molecule has 0 bridgehead atoms. The number of carbonyl (C=O) groups is 2. The number of carbonyl (C=O) groups excluding carboxylic acids is 2. The Morgan fingerprint density at radius 2 is 2.00 bits per heavy atom. The van der Waals surface area contributed by atoms with Crippen LogP contribution in [-0.4, -0.2) is 48.9 Å². The lowest BCUT2D eigenvalue weighted by molar-refractivity contribution is -0.122. The highest BCUT2D eigenvalue weighted by Crippen LogP contribution is 2.33. The third kappa shape index (κ3) is 3.49. The molecule has 2 amide bonds. The summed E-state index contributed by atoms with van der Waals surface area (Å²) in [6.45, 7) is 7.78. The standard InChI is InChI=1S/C18H22N2O3S/c1-3-6-20-17(21)16(24-18(20)22)12-14-4-5-15(11-13(14)2)19-7-9-23-10-8-19/h4-5,11-12H,3,6-10H2,1-2H3/b16-12+. The predicted molar refractivity (Wildman–Crippen MR) is 97.2 cm³/mol. The molecule has 0 atom stereocenters. The van der Waals surface area contributed by atoms with E-state index in [1.807, 2.05) is 26.0 Å². The van der Waals surface area contributed by atoms with Crippen molar-refractivity contribution in [3.05, 3.63) is 34.2 Å². The molecule has 2 heterocycles. The van der Waals surface area contributed by atoms with Crippen molar-refractivity contribution in [1.29, 1.82) is 0 Å². The Labute approximate surface area is 146 Å². The molecule has 0 saturated carbocycles. The third-order valence-corrected chi connectivity index (χ3v) is 5.14. The van der Waals surface area contributed by atoms with Gasteiger partial charge in [0.15, 0.2) is 0 Å². The van der Waals surface area contributed by atoms with E-state index in [0.717, 1.165) is 55.6 Å². The van der Waals surface area contributed by atoms with Gasteiger partial charge in [0.05, 0.1) is 18.1 Å². The zero-order chi connectivity index (χ0) is 17.1. The third-order valence-electron chi connectivity index (χ3n) is 4.24. The molecule has 6 heteroatoms. The Kier molecular flexibility index (Phi) is 5.26. The summed E-state index contributed by atoms with van der Waals surface area (Å²) in [4.78, 5) is 28.4. The summed E-state index contributed by atoms with van der Waals surface area (Å²) in [6, 6.07) is 6.22. The van der Waals surface area contributed by atoms with E-state index in [2.05, 4.69) is 17.0 Å². The molecule has 5 nitrogen and oxygen atoms in total. The fourth-order valence-corrected chi connectivity index (χ4v) is 3.75. The first-order valence-electron chi connectivity index (χ1n) is 8.29. The monoisotopic (exact) mass is 346 g/mol. The van der Waals surface area contributed by atoms with Crippen LogP contribution in [0.1, 0.15) is 24.5 Å². The highest BCUT2D eigenvalue weighted by atomic mass is 32.2. The lowest BCUT2D eigenvalue weighted by Gasteiger charge is -2.29. The predicted octanol–water partition coefficient (Wildman–Crippen LogP) is 3.28. The summed E-state index contributed by atoms with van der Waals surface area (Å²) >= 11 is 1.03. The van der Waals surface area contributed by atoms with Crippen LogP contribution in [-0.2, 0) is 9.53 Å². The zero-order valence-corrected chi connectivity index (χ0v) is 14.9. The molecule has 2 aliphatic heterocycles. The van der Waals surface area contributed by atoms with Crippen LogP contribution in [0.2, 0.25) is 0 Å². The average molecular weight is 346 g/mol. The number of nitrogens with zero attached hydrogens (tertiary/aromatic N) is 2. The highest BCUT2D eigenvalue weighted by molar-refractivity contribution is 8.18. The van der Waals surface area contributed by atoms with Crippen LogP contribution in [0, 0.1) is 6.92 Å².